The number of sulfonamides is 1. The van der Waals surface area contributed by atoms with Crippen molar-refractivity contribution in [2.24, 2.45) is 0 Å². The third kappa shape index (κ3) is 7.01. The van der Waals surface area contributed by atoms with Crippen LogP contribution in [-0.4, -0.2) is 98.0 Å². The van der Waals surface area contributed by atoms with Gasteiger partial charge < -0.3 is 4.90 Å². The summed E-state index contributed by atoms with van der Waals surface area (Å²) in [4.78, 5) is 19.7. The van der Waals surface area contributed by atoms with E-state index < -0.39 is 10.0 Å². The molecule has 0 radical (unpaired) electrons. The molecule has 35 heavy (non-hydrogen) atoms. The van der Waals surface area contributed by atoms with Crippen molar-refractivity contribution in [2.75, 3.05) is 64.7 Å². The standard InChI is InChI=1S/C27H36N4O3S/c1-2-35(33,34)31-20-16-29(17-21-31)23-25-10-6-12-26(22-25)27(32)30-18-14-28(15-19-30)13-7-11-24-8-4-3-5-9-24/h3-12,22H,2,13-21,23H2,1H3/b11-7+. The molecule has 1 amide bonds. The van der Waals surface area contributed by atoms with Gasteiger partial charge in [-0.2, -0.15) is 4.31 Å². The van der Waals surface area contributed by atoms with E-state index in [1.165, 1.54) is 5.56 Å². The molecule has 188 valence electrons. The summed E-state index contributed by atoms with van der Waals surface area (Å²) in [5.41, 5.74) is 3.02. The van der Waals surface area contributed by atoms with Crippen molar-refractivity contribution in [3.63, 3.8) is 0 Å². The Bertz CT molecular complexity index is 1100. The maximum absolute atomic E-state index is 13.1. The lowest BCUT2D eigenvalue weighted by atomic mass is 10.1. The van der Waals surface area contributed by atoms with Crippen LogP contribution in [0.5, 0.6) is 0 Å². The first-order chi connectivity index (χ1) is 16.9. The second kappa shape index (κ2) is 11.9. The lowest BCUT2D eigenvalue weighted by Gasteiger charge is -2.34. The molecule has 2 saturated heterocycles. The molecule has 4 rings (SSSR count). The Hall–Kier alpha value is -2.52. The molecule has 2 heterocycles. The number of nitrogens with zero attached hydrogens (tertiary/aromatic N) is 4. The van der Waals surface area contributed by atoms with Gasteiger partial charge in [-0.15, -0.1) is 0 Å². The molecule has 2 aliphatic rings. The Morgan fingerprint density at radius 2 is 1.54 bits per heavy atom. The van der Waals surface area contributed by atoms with E-state index in [2.05, 4.69) is 34.1 Å². The highest BCUT2D eigenvalue weighted by Gasteiger charge is 2.26. The predicted molar refractivity (Wildman–Crippen MR) is 141 cm³/mol. The zero-order valence-corrected chi connectivity index (χ0v) is 21.4. The third-order valence-electron chi connectivity index (χ3n) is 6.80. The minimum Gasteiger partial charge on any atom is -0.336 e. The Kier molecular flexibility index (Phi) is 8.73. The fourth-order valence-corrected chi connectivity index (χ4v) is 5.71. The van der Waals surface area contributed by atoms with E-state index >= 15 is 0 Å². The van der Waals surface area contributed by atoms with Gasteiger partial charge in [0, 0.05) is 71.0 Å². The summed E-state index contributed by atoms with van der Waals surface area (Å²) in [6, 6.07) is 18.2. The largest absolute Gasteiger partial charge is 0.336 e. The van der Waals surface area contributed by atoms with Gasteiger partial charge in [-0.25, -0.2) is 8.42 Å². The van der Waals surface area contributed by atoms with Crippen LogP contribution in [0, 0.1) is 0 Å². The van der Waals surface area contributed by atoms with E-state index in [0.717, 1.165) is 50.4 Å². The Labute approximate surface area is 209 Å². The SMILES string of the molecule is CCS(=O)(=O)N1CCN(Cc2cccc(C(=O)N3CCN(C/C=C/c4ccccc4)CC3)c2)CC1. The molecule has 0 saturated carbocycles. The van der Waals surface area contributed by atoms with Gasteiger partial charge in [0.25, 0.3) is 5.91 Å². The molecule has 0 aliphatic carbocycles. The van der Waals surface area contributed by atoms with Crippen LogP contribution in [0.25, 0.3) is 6.08 Å². The molecule has 8 heteroatoms. The van der Waals surface area contributed by atoms with E-state index in [-0.39, 0.29) is 11.7 Å². The molecule has 0 spiro atoms. The van der Waals surface area contributed by atoms with Gasteiger partial charge in [0.15, 0.2) is 0 Å². The maximum Gasteiger partial charge on any atom is 0.253 e. The third-order valence-corrected chi connectivity index (χ3v) is 8.68. The summed E-state index contributed by atoms with van der Waals surface area (Å²) in [6.07, 6.45) is 4.33. The van der Waals surface area contributed by atoms with Crippen LogP contribution in [0.15, 0.2) is 60.7 Å². The second-order valence-electron chi connectivity index (χ2n) is 9.18. The number of hydrogen-bond donors (Lipinski definition) is 0. The van der Waals surface area contributed by atoms with Crippen molar-refractivity contribution in [1.82, 2.24) is 19.0 Å². The molecule has 2 aromatic carbocycles. The summed E-state index contributed by atoms with van der Waals surface area (Å²) in [5, 5.41) is 0. The highest BCUT2D eigenvalue weighted by atomic mass is 32.2. The van der Waals surface area contributed by atoms with Gasteiger partial charge in [0.2, 0.25) is 10.0 Å². The summed E-state index contributed by atoms with van der Waals surface area (Å²) in [7, 11) is -3.12. The van der Waals surface area contributed by atoms with Crippen molar-refractivity contribution < 1.29 is 13.2 Å². The minimum absolute atomic E-state index is 0.0881. The van der Waals surface area contributed by atoms with E-state index in [4.69, 9.17) is 0 Å². The number of benzene rings is 2. The van der Waals surface area contributed by atoms with E-state index in [9.17, 15) is 13.2 Å². The van der Waals surface area contributed by atoms with Crippen molar-refractivity contribution in [1.29, 1.82) is 0 Å². The topological polar surface area (TPSA) is 64.2 Å². The van der Waals surface area contributed by atoms with Gasteiger partial charge in [0.1, 0.15) is 0 Å². The molecule has 2 fully saturated rings. The van der Waals surface area contributed by atoms with Crippen LogP contribution in [0.4, 0.5) is 0 Å². The summed E-state index contributed by atoms with van der Waals surface area (Å²) in [6.45, 7) is 8.97. The lowest BCUT2D eigenvalue weighted by molar-refractivity contribution is 0.0650. The Morgan fingerprint density at radius 1 is 0.857 bits per heavy atom. The molecular formula is C27H36N4O3S. The van der Waals surface area contributed by atoms with E-state index in [0.29, 0.717) is 26.2 Å². The number of carbonyl (C=O) groups excluding carboxylic acids is 1. The fourth-order valence-electron chi connectivity index (χ4n) is 4.63. The molecule has 0 atom stereocenters. The Balaban J connectivity index is 1.25. The lowest BCUT2D eigenvalue weighted by Crippen LogP contribution is -2.49. The number of piperazine rings is 2. The fraction of sp³-hybridized carbons (Fsp3) is 0.444. The summed E-state index contributed by atoms with van der Waals surface area (Å²) in [5.74, 6) is 0.237. The molecule has 0 aromatic heterocycles. The first-order valence-electron chi connectivity index (χ1n) is 12.5. The first kappa shape index (κ1) is 25.6. The molecular weight excluding hydrogens is 460 g/mol. The quantitative estimate of drug-likeness (QED) is 0.562. The normalized spacial score (nSPS) is 18.8. The zero-order chi connectivity index (χ0) is 24.7. The number of carbonyl (C=O) groups is 1. The number of hydrogen-bond acceptors (Lipinski definition) is 5. The van der Waals surface area contributed by atoms with Gasteiger partial charge >= 0.3 is 0 Å². The zero-order valence-electron chi connectivity index (χ0n) is 20.6. The number of amides is 1. The van der Waals surface area contributed by atoms with Crippen LogP contribution in [-0.2, 0) is 16.6 Å². The van der Waals surface area contributed by atoms with Crippen LogP contribution in [0.1, 0.15) is 28.4 Å². The average Bonchev–Trinajstić information content (AvgIpc) is 2.90. The number of rotatable bonds is 8. The van der Waals surface area contributed by atoms with E-state index in [1.54, 1.807) is 11.2 Å². The second-order valence-corrected chi connectivity index (χ2v) is 11.4. The molecule has 0 bridgehead atoms. The first-order valence-corrected chi connectivity index (χ1v) is 14.1. The van der Waals surface area contributed by atoms with E-state index in [1.807, 2.05) is 47.4 Å². The van der Waals surface area contributed by atoms with Gasteiger partial charge in [0.05, 0.1) is 5.75 Å². The van der Waals surface area contributed by atoms with Crippen molar-refractivity contribution in [3.05, 3.63) is 77.4 Å². The van der Waals surface area contributed by atoms with Crippen molar-refractivity contribution in [3.8, 4) is 0 Å². The Morgan fingerprint density at radius 3 is 2.23 bits per heavy atom. The summed E-state index contributed by atoms with van der Waals surface area (Å²) < 4.78 is 25.7. The maximum atomic E-state index is 13.1. The molecule has 0 N–H and O–H groups in total. The van der Waals surface area contributed by atoms with Gasteiger partial charge in [-0.3, -0.25) is 14.6 Å². The molecule has 0 unspecified atom stereocenters. The predicted octanol–water partition coefficient (Wildman–Crippen LogP) is 2.63. The highest BCUT2D eigenvalue weighted by Crippen LogP contribution is 2.15. The molecule has 2 aromatic rings. The van der Waals surface area contributed by atoms with Crippen molar-refractivity contribution in [2.45, 2.75) is 13.5 Å². The van der Waals surface area contributed by atoms with Crippen LogP contribution in [0.2, 0.25) is 0 Å². The smallest absolute Gasteiger partial charge is 0.253 e. The molecule has 2 aliphatic heterocycles. The molecule has 7 nitrogen and oxygen atoms in total. The van der Waals surface area contributed by atoms with Crippen LogP contribution in [0.3, 0.4) is 0 Å². The van der Waals surface area contributed by atoms with Gasteiger partial charge in [-0.05, 0) is 30.2 Å². The highest BCUT2D eigenvalue weighted by molar-refractivity contribution is 7.89. The average molecular weight is 497 g/mol. The van der Waals surface area contributed by atoms with Crippen molar-refractivity contribution >= 4 is 22.0 Å². The minimum atomic E-state index is -3.12. The van der Waals surface area contributed by atoms with Crippen LogP contribution >= 0.6 is 0 Å². The van der Waals surface area contributed by atoms with Crippen LogP contribution < -0.4 is 0 Å². The summed E-state index contributed by atoms with van der Waals surface area (Å²) >= 11 is 0. The monoisotopic (exact) mass is 496 g/mol. The van der Waals surface area contributed by atoms with Gasteiger partial charge in [-0.1, -0.05) is 54.6 Å².